The molecule has 0 fully saturated rings. The Balaban J connectivity index is 1.14. The van der Waals surface area contributed by atoms with Crippen molar-refractivity contribution in [3.63, 3.8) is 0 Å². The van der Waals surface area contributed by atoms with E-state index in [1.54, 1.807) is 0 Å². The summed E-state index contributed by atoms with van der Waals surface area (Å²) >= 11 is 0. The van der Waals surface area contributed by atoms with Crippen LogP contribution < -0.4 is 0 Å². The lowest BCUT2D eigenvalue weighted by Crippen LogP contribution is -2.01. The molecular weight excluding hydrogens is 757 g/mol. The van der Waals surface area contributed by atoms with Crippen LogP contribution >= 0.6 is 0 Å². The maximum atomic E-state index is 9.01. The molecule has 12 aromatic rings. The molecule has 0 aliphatic carbocycles. The highest BCUT2D eigenvalue weighted by Gasteiger charge is 2.22. The first-order chi connectivity index (χ1) is 32.8. The van der Waals surface area contributed by atoms with Gasteiger partial charge in [0.15, 0.2) is 17.5 Å². The number of benzene rings is 9. The zero-order valence-corrected chi connectivity index (χ0v) is 33.1. The summed E-state index contributed by atoms with van der Waals surface area (Å²) in [6.07, 6.45) is 0. The topological polar surface area (TPSA) is 56.7 Å². The van der Waals surface area contributed by atoms with E-state index in [0.717, 1.165) is 71.6 Å². The SMILES string of the molecule is [2H]c1c([2H])c([2H])c(-c2nc(-c3cccc(-c4ccccc4)c3)nc(-c3cc(-n4c5ccccc5c5ccccc54)cc4c3oc3ccc(-c5ccc(-c6ccccc6)cc5)cc34)n2)c([2H])c1[2H]. The quantitative estimate of drug-likeness (QED) is 0.161. The van der Waals surface area contributed by atoms with Gasteiger partial charge in [0.2, 0.25) is 0 Å². The minimum atomic E-state index is -0.502. The van der Waals surface area contributed by atoms with Gasteiger partial charge in [0.05, 0.1) is 23.5 Å². The normalized spacial score (nSPS) is 12.7. The maximum absolute atomic E-state index is 9.01. The minimum absolute atomic E-state index is 0.0603. The van der Waals surface area contributed by atoms with Crippen LogP contribution in [0.2, 0.25) is 0 Å². The molecule has 0 saturated heterocycles. The average molecular weight is 798 g/mol. The minimum Gasteiger partial charge on any atom is -0.455 e. The summed E-state index contributed by atoms with van der Waals surface area (Å²) in [7, 11) is 0. The molecule has 0 saturated carbocycles. The second kappa shape index (κ2) is 14.7. The van der Waals surface area contributed by atoms with Crippen molar-refractivity contribution in [1.29, 1.82) is 0 Å². The highest BCUT2D eigenvalue weighted by atomic mass is 16.3. The highest BCUT2D eigenvalue weighted by molar-refractivity contribution is 6.13. The van der Waals surface area contributed by atoms with Gasteiger partial charge < -0.3 is 8.98 Å². The van der Waals surface area contributed by atoms with E-state index in [1.807, 2.05) is 109 Å². The smallest absolute Gasteiger partial charge is 0.167 e. The summed E-state index contributed by atoms with van der Waals surface area (Å²) in [5.74, 6) is 0.410. The molecule has 62 heavy (non-hydrogen) atoms. The van der Waals surface area contributed by atoms with Gasteiger partial charge in [-0.05, 0) is 75.8 Å². The van der Waals surface area contributed by atoms with Crippen LogP contribution in [-0.4, -0.2) is 19.5 Å². The maximum Gasteiger partial charge on any atom is 0.167 e. The second-order valence-corrected chi connectivity index (χ2v) is 15.2. The molecule has 0 unspecified atom stereocenters. The van der Waals surface area contributed by atoms with Gasteiger partial charge in [0, 0.05) is 38.4 Å². The fourth-order valence-corrected chi connectivity index (χ4v) is 8.59. The molecule has 0 N–H and O–H groups in total. The highest BCUT2D eigenvalue weighted by Crippen LogP contribution is 2.42. The predicted octanol–water partition coefficient (Wildman–Crippen LogP) is 14.9. The van der Waals surface area contributed by atoms with Gasteiger partial charge in [-0.25, -0.2) is 15.0 Å². The average Bonchev–Trinajstić information content (AvgIpc) is 3.93. The number of para-hydroxylation sites is 2. The van der Waals surface area contributed by atoms with E-state index in [0.29, 0.717) is 22.3 Å². The Morgan fingerprint density at radius 2 is 0.887 bits per heavy atom. The predicted molar refractivity (Wildman–Crippen MR) is 254 cm³/mol. The first-order valence-electron chi connectivity index (χ1n) is 22.9. The lowest BCUT2D eigenvalue weighted by Gasteiger charge is -2.13. The lowest BCUT2D eigenvalue weighted by atomic mass is 9.98. The second-order valence-electron chi connectivity index (χ2n) is 15.2. The summed E-state index contributed by atoms with van der Waals surface area (Å²) in [4.78, 5) is 15.1. The molecule has 0 atom stereocenters. The van der Waals surface area contributed by atoms with Crippen molar-refractivity contribution >= 4 is 43.7 Å². The van der Waals surface area contributed by atoms with Crippen molar-refractivity contribution in [3.8, 4) is 73.2 Å². The van der Waals surface area contributed by atoms with Crippen LogP contribution in [0, 0.1) is 0 Å². The standard InChI is InChI=1S/C57H36N4O/c1-4-15-37(16-5-1)39-27-29-40(30-28-39)43-31-32-53-48(34-43)49-35-45(61-51-25-12-10-23-46(51)47-24-11-13-26-52(47)61)36-50(54(49)62-53)57-59-55(41-19-8-3-9-20-41)58-56(60-57)44-22-14-21-42(33-44)38-17-6-2-7-18-38/h1-36H/i3D,8D,9D,19D,20D. The van der Waals surface area contributed by atoms with Crippen molar-refractivity contribution in [3.05, 3.63) is 218 Å². The van der Waals surface area contributed by atoms with E-state index < -0.39 is 30.2 Å². The molecule has 3 aromatic heterocycles. The van der Waals surface area contributed by atoms with Crippen LogP contribution in [0.5, 0.6) is 0 Å². The fourth-order valence-electron chi connectivity index (χ4n) is 8.59. The lowest BCUT2D eigenvalue weighted by molar-refractivity contribution is 0.669. The van der Waals surface area contributed by atoms with E-state index in [2.05, 4.69) is 83.4 Å². The van der Waals surface area contributed by atoms with Crippen LogP contribution in [0.1, 0.15) is 6.85 Å². The van der Waals surface area contributed by atoms with E-state index in [-0.39, 0.29) is 23.0 Å². The molecule has 5 nitrogen and oxygen atoms in total. The van der Waals surface area contributed by atoms with Crippen molar-refractivity contribution < 1.29 is 11.3 Å². The molecule has 9 aromatic carbocycles. The number of rotatable bonds is 7. The van der Waals surface area contributed by atoms with Crippen LogP contribution in [0.3, 0.4) is 0 Å². The largest absolute Gasteiger partial charge is 0.455 e. The van der Waals surface area contributed by atoms with Crippen molar-refractivity contribution in [2.75, 3.05) is 0 Å². The van der Waals surface area contributed by atoms with E-state index in [1.165, 1.54) is 0 Å². The summed E-state index contributed by atoms with van der Waals surface area (Å²) in [6.45, 7) is 0. The first kappa shape index (κ1) is 30.6. The molecule has 0 radical (unpaired) electrons. The zero-order chi connectivity index (χ0) is 45.3. The molecule has 0 aliphatic rings. The molecule has 0 aliphatic heterocycles. The summed E-state index contributed by atoms with van der Waals surface area (Å²) < 4.78 is 52.6. The Bertz CT molecular complexity index is 3840. The van der Waals surface area contributed by atoms with Gasteiger partial charge in [0.1, 0.15) is 11.2 Å². The van der Waals surface area contributed by atoms with Gasteiger partial charge in [-0.3, -0.25) is 0 Å². The number of nitrogens with zero attached hydrogens (tertiary/aromatic N) is 4. The van der Waals surface area contributed by atoms with Crippen LogP contribution in [-0.2, 0) is 0 Å². The van der Waals surface area contributed by atoms with Crippen molar-refractivity contribution in [2.45, 2.75) is 0 Å². The zero-order valence-electron chi connectivity index (χ0n) is 38.1. The Labute approximate surface area is 364 Å². The van der Waals surface area contributed by atoms with E-state index in [9.17, 15) is 0 Å². The summed E-state index contributed by atoms with van der Waals surface area (Å²) in [5, 5.41) is 3.91. The third-order valence-corrected chi connectivity index (χ3v) is 11.5. The Morgan fingerprint density at radius 1 is 0.371 bits per heavy atom. The Morgan fingerprint density at radius 3 is 1.58 bits per heavy atom. The molecule has 5 heteroatoms. The number of hydrogen-bond donors (Lipinski definition) is 0. The fraction of sp³-hybridized carbons (Fsp3) is 0. The molecule has 0 amide bonds. The van der Waals surface area contributed by atoms with Crippen LogP contribution in [0.4, 0.5) is 0 Å². The van der Waals surface area contributed by atoms with Gasteiger partial charge in [-0.15, -0.1) is 0 Å². The molecule has 290 valence electrons. The number of furan rings is 1. The molecule has 0 bridgehead atoms. The van der Waals surface area contributed by atoms with Crippen molar-refractivity contribution in [2.24, 2.45) is 0 Å². The monoisotopic (exact) mass is 797 g/mol. The Kier molecular flexibility index (Phi) is 7.25. The molecule has 3 heterocycles. The first-order valence-corrected chi connectivity index (χ1v) is 20.4. The third kappa shape index (κ3) is 6.14. The third-order valence-electron chi connectivity index (χ3n) is 11.5. The number of hydrogen-bond acceptors (Lipinski definition) is 4. The van der Waals surface area contributed by atoms with Gasteiger partial charge in [-0.2, -0.15) is 0 Å². The molecule has 0 spiro atoms. The van der Waals surface area contributed by atoms with E-state index in [4.69, 9.17) is 26.2 Å². The van der Waals surface area contributed by atoms with Gasteiger partial charge in [-0.1, -0.05) is 176 Å². The number of fused-ring (bicyclic) bond motifs is 6. The summed E-state index contributed by atoms with van der Waals surface area (Å²) in [6, 6.07) is 61.4. The summed E-state index contributed by atoms with van der Waals surface area (Å²) in [5.41, 5.74) is 11.4. The molecule has 12 rings (SSSR count). The van der Waals surface area contributed by atoms with E-state index >= 15 is 0 Å². The Hall–Kier alpha value is -8.41. The van der Waals surface area contributed by atoms with Gasteiger partial charge >= 0.3 is 0 Å². The van der Waals surface area contributed by atoms with Crippen molar-refractivity contribution in [1.82, 2.24) is 19.5 Å². The van der Waals surface area contributed by atoms with Crippen LogP contribution in [0.15, 0.2) is 223 Å². The number of aromatic nitrogens is 4. The molecular formula is C57H36N4O. The van der Waals surface area contributed by atoms with Crippen LogP contribution in [0.25, 0.3) is 117 Å². The van der Waals surface area contributed by atoms with Gasteiger partial charge in [0.25, 0.3) is 0 Å².